The van der Waals surface area contributed by atoms with E-state index in [-0.39, 0.29) is 11.3 Å². The highest BCUT2D eigenvalue weighted by Gasteiger charge is 2.39. The van der Waals surface area contributed by atoms with E-state index in [9.17, 15) is 4.79 Å². The molecular weight excluding hydrogens is 300 g/mol. The lowest BCUT2D eigenvalue weighted by Gasteiger charge is -2.27. The molecular formula is C20H24N2O2. The Morgan fingerprint density at radius 3 is 2.83 bits per heavy atom. The van der Waals surface area contributed by atoms with Crippen LogP contribution in [0.5, 0.6) is 0 Å². The van der Waals surface area contributed by atoms with Crippen LogP contribution in [0.2, 0.25) is 0 Å². The molecule has 1 amide bonds. The van der Waals surface area contributed by atoms with Gasteiger partial charge in [-0.2, -0.15) is 0 Å². The molecule has 4 rings (SSSR count). The molecule has 3 heterocycles. The number of amides is 1. The van der Waals surface area contributed by atoms with Gasteiger partial charge < -0.3 is 14.6 Å². The normalized spacial score (nSPS) is 20.0. The van der Waals surface area contributed by atoms with Crippen molar-refractivity contribution in [3.8, 4) is 0 Å². The van der Waals surface area contributed by atoms with Crippen LogP contribution in [0.3, 0.4) is 0 Å². The first-order valence-corrected chi connectivity index (χ1v) is 8.64. The third kappa shape index (κ3) is 2.46. The Balaban J connectivity index is 1.69. The molecule has 24 heavy (non-hydrogen) atoms. The molecule has 0 fully saturated rings. The second-order valence-electron chi connectivity index (χ2n) is 7.88. The molecule has 126 valence electrons. The molecule has 0 spiro atoms. The summed E-state index contributed by atoms with van der Waals surface area (Å²) in [5.41, 5.74) is 5.38. The van der Waals surface area contributed by atoms with Crippen LogP contribution in [0, 0.1) is 5.41 Å². The van der Waals surface area contributed by atoms with Crippen LogP contribution in [0.1, 0.15) is 54.0 Å². The average Bonchev–Trinajstić information content (AvgIpc) is 3.15. The van der Waals surface area contributed by atoms with E-state index < -0.39 is 0 Å². The van der Waals surface area contributed by atoms with E-state index in [0.29, 0.717) is 18.2 Å². The molecule has 1 unspecified atom stereocenters. The first-order chi connectivity index (χ1) is 11.4. The summed E-state index contributed by atoms with van der Waals surface area (Å²) >= 11 is 0. The highest BCUT2D eigenvalue weighted by molar-refractivity contribution is 6.06. The fraction of sp³-hybridized carbons (Fsp3) is 0.450. The van der Waals surface area contributed by atoms with E-state index in [1.807, 2.05) is 17.0 Å². The van der Waals surface area contributed by atoms with Crippen molar-refractivity contribution in [1.82, 2.24) is 4.98 Å². The first kappa shape index (κ1) is 15.5. The van der Waals surface area contributed by atoms with E-state index in [4.69, 9.17) is 4.74 Å². The van der Waals surface area contributed by atoms with Crippen molar-refractivity contribution in [2.45, 2.75) is 39.7 Å². The molecule has 4 heteroatoms. The van der Waals surface area contributed by atoms with Gasteiger partial charge in [-0.05, 0) is 28.7 Å². The summed E-state index contributed by atoms with van der Waals surface area (Å²) in [7, 11) is 0. The summed E-state index contributed by atoms with van der Waals surface area (Å²) < 4.78 is 5.49. The van der Waals surface area contributed by atoms with E-state index in [0.717, 1.165) is 36.5 Å². The molecule has 0 aliphatic carbocycles. The van der Waals surface area contributed by atoms with Crippen molar-refractivity contribution < 1.29 is 9.53 Å². The molecule has 2 aliphatic rings. The second kappa shape index (κ2) is 5.49. The lowest BCUT2D eigenvalue weighted by atomic mass is 9.78. The van der Waals surface area contributed by atoms with Gasteiger partial charge in [-0.25, -0.2) is 0 Å². The number of para-hydroxylation sites is 1. The van der Waals surface area contributed by atoms with Crippen LogP contribution in [0.25, 0.3) is 0 Å². The summed E-state index contributed by atoms with van der Waals surface area (Å²) in [6.45, 7) is 8.79. The average molecular weight is 324 g/mol. The van der Waals surface area contributed by atoms with Crippen molar-refractivity contribution in [3.05, 3.63) is 52.8 Å². The summed E-state index contributed by atoms with van der Waals surface area (Å²) in [5, 5.41) is 0. The number of carbonyl (C=O) groups is 1. The quantitative estimate of drug-likeness (QED) is 0.865. The lowest BCUT2D eigenvalue weighted by Crippen LogP contribution is -2.32. The van der Waals surface area contributed by atoms with Gasteiger partial charge in [-0.3, -0.25) is 4.79 Å². The fourth-order valence-corrected chi connectivity index (χ4v) is 3.85. The van der Waals surface area contributed by atoms with Gasteiger partial charge in [-0.1, -0.05) is 39.0 Å². The zero-order valence-corrected chi connectivity index (χ0v) is 14.6. The number of nitrogens with zero attached hydrogens (tertiary/aromatic N) is 1. The first-order valence-electron chi connectivity index (χ1n) is 8.64. The number of fused-ring (bicyclic) bond motifs is 2. The number of ether oxygens (including phenoxy) is 1. The van der Waals surface area contributed by atoms with Gasteiger partial charge in [-0.15, -0.1) is 0 Å². The summed E-state index contributed by atoms with van der Waals surface area (Å²) in [6.07, 6.45) is 0.851. The number of hydrogen-bond donors (Lipinski definition) is 1. The number of aromatic amines is 1. The Morgan fingerprint density at radius 1 is 1.29 bits per heavy atom. The van der Waals surface area contributed by atoms with Crippen molar-refractivity contribution in [1.29, 1.82) is 0 Å². The molecule has 1 aromatic carbocycles. The van der Waals surface area contributed by atoms with Gasteiger partial charge in [0.25, 0.3) is 5.91 Å². The van der Waals surface area contributed by atoms with Gasteiger partial charge in [0.2, 0.25) is 0 Å². The van der Waals surface area contributed by atoms with Crippen LogP contribution in [0.4, 0.5) is 5.69 Å². The Kier molecular flexibility index (Phi) is 3.53. The Morgan fingerprint density at radius 2 is 2.08 bits per heavy atom. The van der Waals surface area contributed by atoms with Crippen LogP contribution < -0.4 is 4.90 Å². The van der Waals surface area contributed by atoms with Gasteiger partial charge in [0.15, 0.2) is 0 Å². The van der Waals surface area contributed by atoms with E-state index >= 15 is 0 Å². The number of nitrogens with one attached hydrogen (secondary N) is 1. The minimum atomic E-state index is 0.0589. The van der Waals surface area contributed by atoms with Crippen LogP contribution in [0.15, 0.2) is 30.3 Å². The van der Waals surface area contributed by atoms with E-state index in [1.54, 1.807) is 0 Å². The fourth-order valence-electron chi connectivity index (χ4n) is 3.85. The maximum atomic E-state index is 13.2. The zero-order chi connectivity index (χ0) is 16.9. The smallest absolute Gasteiger partial charge is 0.274 e. The van der Waals surface area contributed by atoms with E-state index in [2.05, 4.69) is 44.0 Å². The Bertz CT molecular complexity index is 762. The summed E-state index contributed by atoms with van der Waals surface area (Å²) in [6, 6.07) is 10.3. The monoisotopic (exact) mass is 324 g/mol. The molecule has 2 aromatic rings. The number of H-pyrrole nitrogens is 1. The highest BCUT2D eigenvalue weighted by atomic mass is 16.5. The van der Waals surface area contributed by atoms with Crippen LogP contribution in [-0.2, 0) is 17.8 Å². The molecule has 4 nitrogen and oxygen atoms in total. The molecule has 0 saturated carbocycles. The van der Waals surface area contributed by atoms with Crippen molar-refractivity contribution in [2.24, 2.45) is 5.41 Å². The van der Waals surface area contributed by atoms with Gasteiger partial charge in [0.1, 0.15) is 5.69 Å². The molecule has 0 saturated heterocycles. The second-order valence-corrected chi connectivity index (χ2v) is 7.88. The van der Waals surface area contributed by atoms with Gasteiger partial charge in [0.05, 0.1) is 13.2 Å². The number of carbonyl (C=O) groups excluding carboxylic acids is 1. The molecule has 0 bridgehead atoms. The van der Waals surface area contributed by atoms with Crippen LogP contribution in [-0.4, -0.2) is 24.0 Å². The predicted octanol–water partition coefficient (Wildman–Crippen LogP) is 3.88. The highest BCUT2D eigenvalue weighted by Crippen LogP contribution is 2.45. The van der Waals surface area contributed by atoms with Crippen molar-refractivity contribution in [3.63, 3.8) is 0 Å². The minimum Gasteiger partial charge on any atom is -0.376 e. The van der Waals surface area contributed by atoms with E-state index in [1.165, 1.54) is 5.56 Å². The minimum absolute atomic E-state index is 0.0589. The predicted molar refractivity (Wildman–Crippen MR) is 94.5 cm³/mol. The largest absolute Gasteiger partial charge is 0.376 e. The van der Waals surface area contributed by atoms with Gasteiger partial charge >= 0.3 is 0 Å². The number of rotatable bonds is 1. The third-order valence-electron chi connectivity index (χ3n) is 5.23. The maximum Gasteiger partial charge on any atom is 0.274 e. The molecule has 0 radical (unpaired) electrons. The number of benzene rings is 1. The Labute approximate surface area is 142 Å². The molecule has 2 aliphatic heterocycles. The lowest BCUT2D eigenvalue weighted by molar-refractivity contribution is 0.0981. The SMILES string of the molecule is CC(C)(C)C1CN(C(=O)c2cc3c([nH]2)CCOC3)c2ccccc21. The standard InChI is InChI=1S/C20H24N2O2/c1-20(2,3)15-11-22(18-7-5-4-6-14(15)18)19(23)17-10-13-12-24-9-8-16(13)21-17/h4-7,10,15,21H,8-9,11-12H2,1-3H3. The third-order valence-corrected chi connectivity index (χ3v) is 5.23. The maximum absolute atomic E-state index is 13.2. The molecule has 1 atom stereocenters. The number of anilines is 1. The number of hydrogen-bond acceptors (Lipinski definition) is 2. The van der Waals surface area contributed by atoms with Crippen LogP contribution >= 0.6 is 0 Å². The summed E-state index contributed by atoms with van der Waals surface area (Å²) in [5.74, 6) is 0.411. The van der Waals surface area contributed by atoms with Crippen molar-refractivity contribution in [2.75, 3.05) is 18.1 Å². The Hall–Kier alpha value is -2.07. The molecule has 1 aromatic heterocycles. The van der Waals surface area contributed by atoms with Gasteiger partial charge in [0, 0.05) is 30.3 Å². The molecule has 1 N–H and O–H groups in total. The van der Waals surface area contributed by atoms with Crippen molar-refractivity contribution >= 4 is 11.6 Å². The number of aromatic nitrogens is 1. The summed E-state index contributed by atoms with van der Waals surface area (Å²) in [4.78, 5) is 18.4. The zero-order valence-electron chi connectivity index (χ0n) is 14.6. The topological polar surface area (TPSA) is 45.3 Å².